The van der Waals surface area contributed by atoms with Crippen LogP contribution in [0.4, 0.5) is 5.69 Å². The van der Waals surface area contributed by atoms with Gasteiger partial charge in [-0.25, -0.2) is 4.68 Å². The number of nitrogens with one attached hydrogen (secondary N) is 1. The number of anilines is 1. The largest absolute Gasteiger partial charge is 0.377 e. The summed E-state index contributed by atoms with van der Waals surface area (Å²) >= 11 is 11.1. The number of thiophene rings is 1. The number of aryl methyl sites for hydroxylation is 1. The molecule has 7 heteroatoms. The van der Waals surface area contributed by atoms with Gasteiger partial charge in [0.2, 0.25) is 0 Å². The number of rotatable bonds is 5. The van der Waals surface area contributed by atoms with Gasteiger partial charge in [0, 0.05) is 18.0 Å². The summed E-state index contributed by atoms with van der Waals surface area (Å²) in [5.74, 6) is 0. The van der Waals surface area contributed by atoms with Gasteiger partial charge in [0.15, 0.2) is 0 Å². The molecule has 4 nitrogen and oxygen atoms in total. The summed E-state index contributed by atoms with van der Waals surface area (Å²) in [5.41, 5.74) is 0.324. The predicted molar refractivity (Wildman–Crippen MR) is 83.1 cm³/mol. The summed E-state index contributed by atoms with van der Waals surface area (Å²) in [4.78, 5) is 13.1. The van der Waals surface area contributed by atoms with Crippen molar-refractivity contribution in [3.05, 3.63) is 42.4 Å². The zero-order valence-corrected chi connectivity index (χ0v) is 13.5. The van der Waals surface area contributed by atoms with E-state index in [1.807, 2.05) is 19.1 Å². The Bertz CT molecular complexity index is 626. The highest BCUT2D eigenvalue weighted by molar-refractivity contribution is 9.11. The summed E-state index contributed by atoms with van der Waals surface area (Å²) in [7, 11) is 0. The van der Waals surface area contributed by atoms with Crippen LogP contribution in [0.25, 0.3) is 0 Å². The number of aromatic nitrogens is 2. The van der Waals surface area contributed by atoms with Crippen LogP contribution in [0, 0.1) is 0 Å². The molecule has 0 bridgehead atoms. The molecule has 19 heavy (non-hydrogen) atoms. The normalized spacial score (nSPS) is 10.7. The first-order chi connectivity index (χ1) is 9.11. The molecule has 0 atom stereocenters. The molecule has 0 radical (unpaired) electrons. The molecule has 0 spiro atoms. The molecule has 2 heterocycles. The molecule has 0 aliphatic carbocycles. The van der Waals surface area contributed by atoms with Crippen molar-refractivity contribution in [3.63, 3.8) is 0 Å². The lowest BCUT2D eigenvalue weighted by molar-refractivity contribution is 0.568. The first-order valence-corrected chi connectivity index (χ1v) is 7.84. The van der Waals surface area contributed by atoms with Gasteiger partial charge in [-0.2, -0.15) is 5.10 Å². The van der Waals surface area contributed by atoms with Crippen LogP contribution in [0.2, 0.25) is 5.02 Å². The highest BCUT2D eigenvalue weighted by atomic mass is 79.9. The van der Waals surface area contributed by atoms with E-state index in [1.54, 1.807) is 17.5 Å². The third-order valence-corrected chi connectivity index (χ3v) is 4.49. The van der Waals surface area contributed by atoms with E-state index in [-0.39, 0.29) is 10.6 Å². The molecule has 0 amide bonds. The van der Waals surface area contributed by atoms with Crippen molar-refractivity contribution in [1.29, 1.82) is 0 Å². The van der Waals surface area contributed by atoms with Crippen molar-refractivity contribution in [1.82, 2.24) is 9.78 Å². The average Bonchev–Trinajstić information content (AvgIpc) is 2.80. The van der Waals surface area contributed by atoms with E-state index in [9.17, 15) is 4.79 Å². The fraction of sp³-hybridized carbons (Fsp3) is 0.333. The van der Waals surface area contributed by atoms with Crippen molar-refractivity contribution in [2.24, 2.45) is 0 Å². The second-order valence-electron chi connectivity index (χ2n) is 3.96. The molecule has 0 saturated carbocycles. The Labute approximate surface area is 128 Å². The van der Waals surface area contributed by atoms with Crippen LogP contribution in [0.3, 0.4) is 0 Å². The first-order valence-electron chi connectivity index (χ1n) is 5.85. The van der Waals surface area contributed by atoms with Crippen LogP contribution in [-0.4, -0.2) is 9.78 Å². The minimum atomic E-state index is -0.249. The lowest BCUT2D eigenvalue weighted by Gasteiger charge is -2.08. The molecule has 2 aromatic rings. The van der Waals surface area contributed by atoms with Crippen LogP contribution in [0.5, 0.6) is 0 Å². The molecular formula is C12H13BrClN3OS. The van der Waals surface area contributed by atoms with Crippen LogP contribution >= 0.6 is 38.9 Å². The quantitative estimate of drug-likeness (QED) is 0.881. The Balaban J connectivity index is 2.13. The third kappa shape index (κ3) is 3.58. The highest BCUT2D eigenvalue weighted by Gasteiger charge is 2.08. The molecule has 0 unspecified atom stereocenters. The molecule has 0 aliphatic rings. The van der Waals surface area contributed by atoms with E-state index < -0.39 is 0 Å². The second kappa shape index (κ2) is 6.54. The number of nitrogens with zero attached hydrogens (tertiary/aromatic N) is 2. The van der Waals surface area contributed by atoms with Crippen molar-refractivity contribution in [3.8, 4) is 0 Å². The van der Waals surface area contributed by atoms with Gasteiger partial charge >= 0.3 is 0 Å². The minimum absolute atomic E-state index is 0.194. The summed E-state index contributed by atoms with van der Waals surface area (Å²) in [6, 6.07) is 4.00. The van der Waals surface area contributed by atoms with E-state index in [0.717, 1.165) is 15.1 Å². The molecule has 2 aromatic heterocycles. The smallest absolute Gasteiger partial charge is 0.287 e. The standard InChI is InChI=1S/C12H13BrClN3OS/c1-2-5-17-12(18)11(14)9(7-16-17)15-6-8-3-4-10(13)19-8/h3-4,7,15H,2,5-6H2,1H3. The number of hydrogen-bond donors (Lipinski definition) is 1. The van der Waals surface area contributed by atoms with Crippen molar-refractivity contribution in [2.45, 2.75) is 26.4 Å². The van der Waals surface area contributed by atoms with Gasteiger partial charge in [0.1, 0.15) is 5.02 Å². The molecule has 0 saturated heterocycles. The number of halogens is 2. The van der Waals surface area contributed by atoms with Gasteiger partial charge in [-0.15, -0.1) is 11.3 Å². The van der Waals surface area contributed by atoms with Crippen molar-refractivity contribution < 1.29 is 0 Å². The molecule has 102 valence electrons. The molecule has 1 N–H and O–H groups in total. The zero-order valence-electron chi connectivity index (χ0n) is 10.3. The molecule has 0 aliphatic heterocycles. The second-order valence-corrected chi connectivity index (χ2v) is 6.89. The Hall–Kier alpha value is -0.850. The van der Waals surface area contributed by atoms with Crippen LogP contribution in [0.15, 0.2) is 26.9 Å². The van der Waals surface area contributed by atoms with E-state index in [1.165, 1.54) is 4.68 Å². The van der Waals surface area contributed by atoms with Crippen molar-refractivity contribution in [2.75, 3.05) is 5.32 Å². The third-order valence-electron chi connectivity index (χ3n) is 2.50. The van der Waals surface area contributed by atoms with Crippen LogP contribution < -0.4 is 10.9 Å². The summed E-state index contributed by atoms with van der Waals surface area (Å²) in [6.45, 7) is 3.19. The van der Waals surface area contributed by atoms with Gasteiger partial charge in [-0.3, -0.25) is 4.79 Å². The SMILES string of the molecule is CCCn1ncc(NCc2ccc(Br)s2)c(Cl)c1=O. The van der Waals surface area contributed by atoms with E-state index in [4.69, 9.17) is 11.6 Å². The fourth-order valence-corrected chi connectivity index (χ4v) is 3.22. The summed E-state index contributed by atoms with van der Waals surface area (Å²) in [6.07, 6.45) is 2.45. The molecule has 0 fully saturated rings. The van der Waals surface area contributed by atoms with E-state index in [2.05, 4.69) is 26.3 Å². The average molecular weight is 363 g/mol. The van der Waals surface area contributed by atoms with Gasteiger partial charge in [0.25, 0.3) is 5.56 Å². The monoisotopic (exact) mass is 361 g/mol. The topological polar surface area (TPSA) is 46.9 Å². The molecular weight excluding hydrogens is 350 g/mol. The Morgan fingerprint density at radius 3 is 2.95 bits per heavy atom. The van der Waals surface area contributed by atoms with Crippen LogP contribution in [0.1, 0.15) is 18.2 Å². The summed E-state index contributed by atoms with van der Waals surface area (Å²) < 4.78 is 2.46. The highest BCUT2D eigenvalue weighted by Crippen LogP contribution is 2.23. The number of hydrogen-bond acceptors (Lipinski definition) is 4. The Morgan fingerprint density at radius 2 is 2.32 bits per heavy atom. The zero-order chi connectivity index (χ0) is 13.8. The lowest BCUT2D eigenvalue weighted by Crippen LogP contribution is -2.24. The van der Waals surface area contributed by atoms with Gasteiger partial charge < -0.3 is 5.32 Å². The maximum Gasteiger partial charge on any atom is 0.287 e. The lowest BCUT2D eigenvalue weighted by atomic mass is 10.4. The van der Waals surface area contributed by atoms with Gasteiger partial charge in [-0.05, 0) is 34.5 Å². The maximum atomic E-state index is 11.9. The van der Waals surface area contributed by atoms with Gasteiger partial charge in [0.05, 0.1) is 15.7 Å². The van der Waals surface area contributed by atoms with Crippen LogP contribution in [-0.2, 0) is 13.1 Å². The van der Waals surface area contributed by atoms with Gasteiger partial charge in [-0.1, -0.05) is 18.5 Å². The summed E-state index contributed by atoms with van der Waals surface area (Å²) in [5, 5.41) is 7.43. The minimum Gasteiger partial charge on any atom is -0.377 e. The predicted octanol–water partition coefficient (Wildman–Crippen LogP) is 3.74. The Morgan fingerprint density at radius 1 is 1.53 bits per heavy atom. The molecule has 0 aromatic carbocycles. The van der Waals surface area contributed by atoms with E-state index >= 15 is 0 Å². The Kier molecular flexibility index (Phi) is 5.01. The maximum absolute atomic E-state index is 11.9. The first kappa shape index (κ1) is 14.6. The van der Waals surface area contributed by atoms with E-state index in [0.29, 0.717) is 18.8 Å². The van der Waals surface area contributed by atoms with Crippen molar-refractivity contribution >= 4 is 44.6 Å². The molecule has 2 rings (SSSR count). The fourth-order valence-electron chi connectivity index (χ4n) is 1.59.